The number of rotatable bonds is 5. The van der Waals surface area contributed by atoms with Crippen molar-refractivity contribution in [3.8, 4) is 0 Å². The van der Waals surface area contributed by atoms with Crippen LogP contribution >= 0.6 is 0 Å². The minimum Gasteiger partial charge on any atom is -0.291 e. The molecule has 15 heavy (non-hydrogen) atoms. The molecule has 0 fully saturated rings. The van der Waals surface area contributed by atoms with Crippen LogP contribution in [0.2, 0.25) is 0 Å². The average molecular weight is 204 g/mol. The molecule has 0 aliphatic rings. The average Bonchev–Trinajstić information content (AvgIpc) is 2.12. The number of hydrogen-bond donors (Lipinski definition) is 0. The molecule has 0 aliphatic heterocycles. The van der Waals surface area contributed by atoms with Crippen LogP contribution in [0.1, 0.15) is 27.7 Å². The minimum absolute atomic E-state index is 0.714. The molecular weight excluding hydrogens is 184 g/mol. The van der Waals surface area contributed by atoms with Gasteiger partial charge in [-0.25, -0.2) is 0 Å². The fourth-order valence-electron chi connectivity index (χ4n) is 0.952. The van der Waals surface area contributed by atoms with Crippen molar-refractivity contribution in [2.75, 3.05) is 6.54 Å². The first kappa shape index (κ1) is 13.6. The van der Waals surface area contributed by atoms with Gasteiger partial charge in [-0.05, 0) is 39.8 Å². The molecule has 0 N–H and O–H groups in total. The first-order valence-corrected chi connectivity index (χ1v) is 5.07. The van der Waals surface area contributed by atoms with Crippen molar-refractivity contribution in [1.29, 1.82) is 0 Å². The van der Waals surface area contributed by atoms with E-state index < -0.39 is 0 Å². The van der Waals surface area contributed by atoms with Gasteiger partial charge in [-0.3, -0.25) is 9.98 Å². The Kier molecular flexibility index (Phi) is 7.16. The van der Waals surface area contributed by atoms with Gasteiger partial charge < -0.3 is 0 Å². The molecule has 0 unspecified atom stereocenters. The van der Waals surface area contributed by atoms with E-state index in [4.69, 9.17) is 0 Å². The van der Waals surface area contributed by atoms with Crippen LogP contribution < -0.4 is 0 Å². The third-order valence-corrected chi connectivity index (χ3v) is 1.55. The molecule has 0 spiro atoms. The van der Waals surface area contributed by atoms with E-state index in [9.17, 15) is 0 Å². The lowest BCUT2D eigenvalue weighted by Gasteiger charge is -1.93. The lowest BCUT2D eigenvalue weighted by atomic mass is 10.3. The SMILES string of the molecule is C=C(/C=C\C)N=C(C)/C=C\CN=C(C)C. The predicted octanol–water partition coefficient (Wildman–Crippen LogP) is 3.57. The van der Waals surface area contributed by atoms with E-state index in [1.807, 2.05) is 52.0 Å². The van der Waals surface area contributed by atoms with Gasteiger partial charge >= 0.3 is 0 Å². The summed E-state index contributed by atoms with van der Waals surface area (Å²) in [6, 6.07) is 0. The molecule has 0 bridgehead atoms. The van der Waals surface area contributed by atoms with Crippen molar-refractivity contribution in [3.63, 3.8) is 0 Å². The van der Waals surface area contributed by atoms with Crippen LogP contribution in [0.4, 0.5) is 0 Å². The molecule has 2 heteroatoms. The second kappa shape index (κ2) is 7.92. The van der Waals surface area contributed by atoms with Crippen LogP contribution in [0.5, 0.6) is 0 Å². The van der Waals surface area contributed by atoms with Crippen LogP contribution in [0.3, 0.4) is 0 Å². The van der Waals surface area contributed by atoms with Gasteiger partial charge in [0, 0.05) is 11.4 Å². The van der Waals surface area contributed by atoms with Crippen molar-refractivity contribution in [3.05, 3.63) is 36.6 Å². The topological polar surface area (TPSA) is 24.7 Å². The largest absolute Gasteiger partial charge is 0.291 e. The lowest BCUT2D eigenvalue weighted by molar-refractivity contribution is 1.23. The van der Waals surface area contributed by atoms with Crippen LogP contribution in [0.15, 0.2) is 46.6 Å². The highest BCUT2D eigenvalue weighted by Crippen LogP contribution is 1.96. The molecule has 0 rings (SSSR count). The smallest absolute Gasteiger partial charge is 0.0573 e. The summed E-state index contributed by atoms with van der Waals surface area (Å²) in [5, 5.41) is 0. The van der Waals surface area contributed by atoms with Crippen molar-refractivity contribution in [2.24, 2.45) is 9.98 Å². The normalized spacial score (nSPS) is 12.4. The van der Waals surface area contributed by atoms with E-state index in [-0.39, 0.29) is 0 Å². The first-order valence-electron chi connectivity index (χ1n) is 5.07. The summed E-state index contributed by atoms with van der Waals surface area (Å²) in [6.45, 7) is 12.4. The summed E-state index contributed by atoms with van der Waals surface area (Å²) in [5.74, 6) is 0. The van der Waals surface area contributed by atoms with Crippen molar-refractivity contribution >= 4 is 11.4 Å². The van der Waals surface area contributed by atoms with Crippen molar-refractivity contribution < 1.29 is 0 Å². The predicted molar refractivity (Wildman–Crippen MR) is 69.9 cm³/mol. The van der Waals surface area contributed by atoms with E-state index in [0.717, 1.165) is 17.1 Å². The summed E-state index contributed by atoms with van der Waals surface area (Å²) in [6.07, 6.45) is 7.76. The van der Waals surface area contributed by atoms with E-state index in [0.29, 0.717) is 6.54 Å². The summed E-state index contributed by atoms with van der Waals surface area (Å²) < 4.78 is 0. The molecule has 2 nitrogen and oxygen atoms in total. The number of hydrogen-bond acceptors (Lipinski definition) is 2. The Bertz CT molecular complexity index is 313. The summed E-state index contributed by atoms with van der Waals surface area (Å²) >= 11 is 0. The van der Waals surface area contributed by atoms with Crippen LogP contribution in [-0.2, 0) is 0 Å². The Morgan fingerprint density at radius 2 is 1.87 bits per heavy atom. The van der Waals surface area contributed by atoms with Gasteiger partial charge in [0.15, 0.2) is 0 Å². The maximum atomic E-state index is 4.28. The van der Waals surface area contributed by atoms with Gasteiger partial charge in [-0.15, -0.1) is 0 Å². The Labute approximate surface area is 92.8 Å². The Morgan fingerprint density at radius 1 is 1.20 bits per heavy atom. The Balaban J connectivity index is 4.18. The molecular formula is C13H20N2. The highest BCUT2D eigenvalue weighted by molar-refractivity contribution is 5.93. The summed E-state index contributed by atoms with van der Waals surface area (Å²) in [4.78, 5) is 8.53. The highest BCUT2D eigenvalue weighted by Gasteiger charge is 1.85. The van der Waals surface area contributed by atoms with Gasteiger partial charge in [0.2, 0.25) is 0 Å². The standard InChI is InChI=1S/C13H20N2/c1-6-8-12(4)15-13(5)9-7-10-14-11(2)3/h6-9H,4,10H2,1-3,5H3/b8-6-,9-7-,15-13?. The Morgan fingerprint density at radius 3 is 2.40 bits per heavy atom. The third kappa shape index (κ3) is 8.88. The molecule has 0 saturated carbocycles. The maximum Gasteiger partial charge on any atom is 0.0573 e. The maximum absolute atomic E-state index is 4.28. The molecule has 0 aliphatic carbocycles. The van der Waals surface area contributed by atoms with E-state index in [2.05, 4.69) is 16.6 Å². The number of nitrogens with zero attached hydrogens (tertiary/aromatic N) is 2. The quantitative estimate of drug-likeness (QED) is 0.483. The van der Waals surface area contributed by atoms with Crippen molar-refractivity contribution in [2.45, 2.75) is 27.7 Å². The summed E-state index contributed by atoms with van der Waals surface area (Å²) in [5.41, 5.74) is 2.81. The molecule has 0 aromatic heterocycles. The zero-order valence-corrected chi connectivity index (χ0v) is 10.1. The van der Waals surface area contributed by atoms with Gasteiger partial charge in [0.05, 0.1) is 12.2 Å². The van der Waals surface area contributed by atoms with E-state index in [1.54, 1.807) is 0 Å². The van der Waals surface area contributed by atoms with Crippen LogP contribution in [0, 0.1) is 0 Å². The zero-order valence-electron chi connectivity index (χ0n) is 10.1. The molecule has 0 heterocycles. The molecule has 0 aromatic rings. The molecule has 0 atom stereocenters. The lowest BCUT2D eigenvalue weighted by Crippen LogP contribution is -1.87. The van der Waals surface area contributed by atoms with Crippen LogP contribution in [-0.4, -0.2) is 18.0 Å². The first-order chi connectivity index (χ1) is 7.06. The zero-order chi connectivity index (χ0) is 11.7. The number of allylic oxidation sites excluding steroid dienone is 3. The minimum atomic E-state index is 0.714. The monoisotopic (exact) mass is 204 g/mol. The van der Waals surface area contributed by atoms with Gasteiger partial charge in [0.1, 0.15) is 0 Å². The Hall–Kier alpha value is -1.44. The second-order valence-corrected chi connectivity index (χ2v) is 3.43. The molecule has 0 saturated heterocycles. The summed E-state index contributed by atoms with van der Waals surface area (Å²) in [7, 11) is 0. The number of aliphatic imine (C=N–C) groups is 2. The third-order valence-electron chi connectivity index (χ3n) is 1.55. The molecule has 82 valence electrons. The van der Waals surface area contributed by atoms with Gasteiger partial charge in [-0.2, -0.15) is 0 Å². The second-order valence-electron chi connectivity index (χ2n) is 3.43. The van der Waals surface area contributed by atoms with Crippen LogP contribution in [0.25, 0.3) is 0 Å². The van der Waals surface area contributed by atoms with E-state index in [1.165, 1.54) is 0 Å². The fraction of sp³-hybridized carbons (Fsp3) is 0.385. The van der Waals surface area contributed by atoms with Crippen molar-refractivity contribution in [1.82, 2.24) is 0 Å². The molecule has 0 aromatic carbocycles. The van der Waals surface area contributed by atoms with E-state index >= 15 is 0 Å². The molecule has 0 amide bonds. The molecule has 0 radical (unpaired) electrons. The fourth-order valence-corrected chi connectivity index (χ4v) is 0.952. The van der Waals surface area contributed by atoms with Gasteiger partial charge in [-0.1, -0.05) is 18.7 Å². The highest BCUT2D eigenvalue weighted by atomic mass is 14.7. The van der Waals surface area contributed by atoms with Gasteiger partial charge in [0.25, 0.3) is 0 Å².